The molecule has 5 nitrogen and oxygen atoms in total. The summed E-state index contributed by atoms with van der Waals surface area (Å²) in [4.78, 5) is 40.3. The first-order valence-corrected chi connectivity index (χ1v) is 10.9. The lowest BCUT2D eigenvalue weighted by molar-refractivity contribution is -0.137. The number of allylic oxidation sites excluding steroid dienone is 2. The number of benzene rings is 2. The molecule has 4 rings (SSSR count). The standard InChI is InChI=1S/C23H15F3N2O3S2/c24-23(25,26)15-10-4-5-11-16(15)27-19(29)13-17(20(27)30)28-21(31)18(33-22(28)32)12-6-9-14-7-2-1-3-8-14/h1-12,17H,13H2/b9-6+,18-12-/t17-/m0/s1. The summed E-state index contributed by atoms with van der Waals surface area (Å²) in [5.41, 5.74) is -0.752. The Bertz CT molecular complexity index is 1210. The molecule has 168 valence electrons. The second-order valence-corrected chi connectivity index (χ2v) is 8.82. The van der Waals surface area contributed by atoms with Gasteiger partial charge in [-0.15, -0.1) is 0 Å². The molecule has 2 aromatic rings. The SMILES string of the molecule is O=C1C[C@H](N2C(=O)/C(=C/C=C/c3ccccc3)SC2=S)C(=O)N1c1ccccc1C(F)(F)F. The molecule has 0 unspecified atom stereocenters. The number of rotatable bonds is 4. The van der Waals surface area contributed by atoms with Gasteiger partial charge in [0.25, 0.3) is 11.8 Å². The maximum Gasteiger partial charge on any atom is 0.418 e. The Morgan fingerprint density at radius 2 is 1.67 bits per heavy atom. The molecule has 2 fully saturated rings. The topological polar surface area (TPSA) is 57.7 Å². The van der Waals surface area contributed by atoms with Gasteiger partial charge in [0.2, 0.25) is 5.91 Å². The van der Waals surface area contributed by atoms with Gasteiger partial charge in [-0.3, -0.25) is 19.3 Å². The first kappa shape index (κ1) is 22.9. The average Bonchev–Trinajstić information content (AvgIpc) is 3.22. The highest BCUT2D eigenvalue weighted by atomic mass is 32.2. The minimum Gasteiger partial charge on any atom is -0.280 e. The number of para-hydroxylation sites is 1. The summed E-state index contributed by atoms with van der Waals surface area (Å²) in [5, 5.41) is 0. The van der Waals surface area contributed by atoms with Crippen molar-refractivity contribution in [3.8, 4) is 0 Å². The van der Waals surface area contributed by atoms with Crippen molar-refractivity contribution >= 4 is 57.8 Å². The van der Waals surface area contributed by atoms with Crippen LogP contribution in [0.2, 0.25) is 0 Å². The lowest BCUT2D eigenvalue weighted by Crippen LogP contribution is -2.44. The van der Waals surface area contributed by atoms with Gasteiger partial charge >= 0.3 is 6.18 Å². The average molecular weight is 489 g/mol. The number of hydrogen-bond acceptors (Lipinski definition) is 5. The number of imide groups is 1. The predicted octanol–water partition coefficient (Wildman–Crippen LogP) is 4.79. The number of anilines is 1. The van der Waals surface area contributed by atoms with E-state index < -0.39 is 47.6 Å². The second-order valence-electron chi connectivity index (χ2n) is 7.15. The van der Waals surface area contributed by atoms with Gasteiger partial charge in [0.15, 0.2) is 0 Å². The van der Waals surface area contributed by atoms with Crippen LogP contribution in [0.3, 0.4) is 0 Å². The third-order valence-corrected chi connectivity index (χ3v) is 6.39. The number of carbonyl (C=O) groups is 3. The molecule has 2 aliphatic heterocycles. The quantitative estimate of drug-likeness (QED) is 0.352. The van der Waals surface area contributed by atoms with Crippen LogP contribution in [-0.4, -0.2) is 33.0 Å². The molecule has 0 saturated carbocycles. The van der Waals surface area contributed by atoms with Crippen LogP contribution in [0, 0.1) is 0 Å². The number of halogens is 3. The van der Waals surface area contributed by atoms with Crippen LogP contribution in [0.1, 0.15) is 17.5 Å². The van der Waals surface area contributed by atoms with Crippen molar-refractivity contribution < 1.29 is 27.6 Å². The van der Waals surface area contributed by atoms with Crippen LogP contribution in [-0.2, 0) is 20.6 Å². The van der Waals surface area contributed by atoms with Gasteiger partial charge in [0.05, 0.1) is 22.6 Å². The van der Waals surface area contributed by atoms with Crippen LogP contribution in [0.15, 0.2) is 71.7 Å². The lowest BCUT2D eigenvalue weighted by Gasteiger charge is -2.23. The largest absolute Gasteiger partial charge is 0.418 e. The third kappa shape index (κ3) is 4.49. The summed E-state index contributed by atoms with van der Waals surface area (Å²) in [7, 11) is 0. The Hall–Kier alpha value is -3.24. The molecule has 10 heteroatoms. The molecule has 0 spiro atoms. The van der Waals surface area contributed by atoms with Crippen LogP contribution < -0.4 is 4.90 Å². The smallest absolute Gasteiger partial charge is 0.280 e. The summed E-state index contributed by atoms with van der Waals surface area (Å²) in [6.45, 7) is 0. The molecule has 3 amide bonds. The zero-order valence-corrected chi connectivity index (χ0v) is 18.4. The van der Waals surface area contributed by atoms with Crippen molar-refractivity contribution in [3.63, 3.8) is 0 Å². The van der Waals surface area contributed by atoms with E-state index in [4.69, 9.17) is 12.2 Å². The van der Waals surface area contributed by atoms with E-state index in [9.17, 15) is 27.6 Å². The number of alkyl halides is 3. The number of nitrogens with zero attached hydrogens (tertiary/aromatic N) is 2. The fraction of sp³-hybridized carbons (Fsp3) is 0.130. The van der Waals surface area contributed by atoms with Crippen molar-refractivity contribution in [3.05, 3.63) is 82.8 Å². The fourth-order valence-corrected chi connectivity index (χ4v) is 4.86. The van der Waals surface area contributed by atoms with Crippen molar-refractivity contribution in [1.82, 2.24) is 4.90 Å². The van der Waals surface area contributed by atoms with Crippen molar-refractivity contribution in [2.45, 2.75) is 18.6 Å². The monoisotopic (exact) mass is 488 g/mol. The van der Waals surface area contributed by atoms with Crippen LogP contribution in [0.25, 0.3) is 6.08 Å². The summed E-state index contributed by atoms with van der Waals surface area (Å²) < 4.78 is 40.3. The van der Waals surface area contributed by atoms with Crippen LogP contribution in [0.5, 0.6) is 0 Å². The molecule has 2 saturated heterocycles. The molecule has 0 bridgehead atoms. The summed E-state index contributed by atoms with van der Waals surface area (Å²) in [5.74, 6) is -2.32. The number of amides is 3. The van der Waals surface area contributed by atoms with E-state index in [1.165, 1.54) is 12.1 Å². The first-order chi connectivity index (χ1) is 15.7. The van der Waals surface area contributed by atoms with Crippen molar-refractivity contribution in [2.75, 3.05) is 4.90 Å². The normalized spacial score (nSPS) is 20.7. The fourth-order valence-electron chi connectivity index (χ4n) is 3.55. The Morgan fingerprint density at radius 3 is 2.36 bits per heavy atom. The highest BCUT2D eigenvalue weighted by molar-refractivity contribution is 8.26. The first-order valence-electron chi connectivity index (χ1n) is 9.70. The maximum atomic E-state index is 13.4. The van der Waals surface area contributed by atoms with E-state index in [2.05, 4.69) is 0 Å². The van der Waals surface area contributed by atoms with Crippen LogP contribution in [0.4, 0.5) is 18.9 Å². The van der Waals surface area contributed by atoms with Crippen molar-refractivity contribution in [1.29, 1.82) is 0 Å². The molecule has 1 atom stereocenters. The maximum absolute atomic E-state index is 13.4. The highest BCUT2D eigenvalue weighted by Gasteiger charge is 2.50. The number of hydrogen-bond donors (Lipinski definition) is 0. The van der Waals surface area contributed by atoms with E-state index in [-0.39, 0.29) is 9.23 Å². The minimum absolute atomic E-state index is 0.0662. The molecule has 2 aliphatic rings. The molecule has 2 heterocycles. The van der Waals surface area contributed by atoms with E-state index in [1.807, 2.05) is 30.3 Å². The Kier molecular flexibility index (Phi) is 6.22. The zero-order valence-electron chi connectivity index (χ0n) is 16.8. The van der Waals surface area contributed by atoms with Crippen molar-refractivity contribution in [2.24, 2.45) is 0 Å². The molecular weight excluding hydrogens is 473 g/mol. The summed E-state index contributed by atoms with van der Waals surface area (Å²) >= 11 is 6.22. The minimum atomic E-state index is -4.76. The molecule has 0 N–H and O–H groups in total. The Balaban J connectivity index is 1.58. The van der Waals surface area contributed by atoms with E-state index in [0.29, 0.717) is 4.90 Å². The molecule has 0 aromatic heterocycles. The highest BCUT2D eigenvalue weighted by Crippen LogP contribution is 2.40. The van der Waals surface area contributed by atoms with Gasteiger partial charge in [-0.05, 0) is 23.8 Å². The number of thiocarbonyl (C=S) groups is 1. The Labute approximate surface area is 196 Å². The molecular formula is C23H15F3N2O3S2. The molecule has 0 radical (unpaired) electrons. The van der Waals surface area contributed by atoms with Gasteiger partial charge in [0.1, 0.15) is 10.4 Å². The van der Waals surface area contributed by atoms with Gasteiger partial charge in [-0.2, -0.15) is 13.2 Å². The van der Waals surface area contributed by atoms with Gasteiger partial charge in [-0.25, -0.2) is 4.90 Å². The van der Waals surface area contributed by atoms with E-state index >= 15 is 0 Å². The van der Waals surface area contributed by atoms with Crippen LogP contribution >= 0.6 is 24.0 Å². The van der Waals surface area contributed by atoms with Gasteiger partial charge in [0, 0.05) is 0 Å². The zero-order chi connectivity index (χ0) is 23.8. The predicted molar refractivity (Wildman–Crippen MR) is 123 cm³/mol. The van der Waals surface area contributed by atoms with Gasteiger partial charge in [-0.1, -0.05) is 78.6 Å². The molecule has 0 aliphatic carbocycles. The van der Waals surface area contributed by atoms with Gasteiger partial charge < -0.3 is 0 Å². The molecule has 2 aromatic carbocycles. The van der Waals surface area contributed by atoms with E-state index in [0.717, 1.165) is 34.4 Å². The van der Waals surface area contributed by atoms with E-state index in [1.54, 1.807) is 18.2 Å². The Morgan fingerprint density at radius 1 is 1.00 bits per heavy atom. The summed E-state index contributed by atoms with van der Waals surface area (Å²) in [6, 6.07) is 12.4. The molecule has 33 heavy (non-hydrogen) atoms. The third-order valence-electron chi connectivity index (χ3n) is 5.04. The number of carbonyl (C=O) groups excluding carboxylic acids is 3. The second kappa shape index (κ2) is 8.95. The summed E-state index contributed by atoms with van der Waals surface area (Å²) in [6.07, 6.45) is -0.221. The lowest BCUT2D eigenvalue weighted by atomic mass is 10.1. The number of thioether (sulfide) groups is 1.